The van der Waals surface area contributed by atoms with E-state index >= 15 is 0 Å². The molecule has 20 heavy (non-hydrogen) atoms. The van der Waals surface area contributed by atoms with Gasteiger partial charge in [0.25, 0.3) is 0 Å². The number of benzene rings is 1. The molecule has 0 spiro atoms. The van der Waals surface area contributed by atoms with Crippen LogP contribution in [0.3, 0.4) is 0 Å². The van der Waals surface area contributed by atoms with Crippen LogP contribution >= 0.6 is 15.9 Å². The molecule has 0 radical (unpaired) electrons. The molecule has 100 valence electrons. The third kappa shape index (κ3) is 2.20. The van der Waals surface area contributed by atoms with E-state index < -0.39 is 0 Å². The lowest BCUT2D eigenvalue weighted by molar-refractivity contribution is 0.439. The third-order valence-corrected chi connectivity index (χ3v) is 3.94. The summed E-state index contributed by atoms with van der Waals surface area (Å²) in [6.07, 6.45) is 1.72. The maximum Gasteiger partial charge on any atom is 0.232 e. The normalized spacial score (nSPS) is 10.7. The highest BCUT2D eigenvalue weighted by atomic mass is 79.9. The predicted octanol–water partition coefficient (Wildman–Crippen LogP) is 4.06. The largest absolute Gasteiger partial charge is 0.367 e. The van der Waals surface area contributed by atoms with E-state index in [0.29, 0.717) is 5.69 Å². The maximum absolute atomic E-state index is 5.90. The van der Waals surface area contributed by atoms with Crippen molar-refractivity contribution in [1.29, 1.82) is 0 Å². The van der Waals surface area contributed by atoms with Crippen molar-refractivity contribution >= 4 is 21.8 Å². The molecule has 0 atom stereocenters. The lowest BCUT2D eigenvalue weighted by Gasteiger charge is -2.04. The number of hydrogen-bond donors (Lipinski definition) is 1. The standard InChI is InChI=1S/C15H12BrN3O/c1-9-5-6-10(8-11(9)16)14-13(15(17)20-19-14)12-4-2-3-7-18-12/h2-8H,17H2,1H3. The second kappa shape index (κ2) is 5.09. The number of anilines is 1. The van der Waals surface area contributed by atoms with Crippen LogP contribution in [0.4, 0.5) is 5.88 Å². The molecule has 0 bridgehead atoms. The van der Waals surface area contributed by atoms with Crippen molar-refractivity contribution in [3.63, 3.8) is 0 Å². The molecule has 2 aromatic heterocycles. The molecule has 0 saturated heterocycles. The van der Waals surface area contributed by atoms with Crippen LogP contribution in [-0.4, -0.2) is 10.1 Å². The summed E-state index contributed by atoms with van der Waals surface area (Å²) in [5.41, 5.74) is 10.2. The van der Waals surface area contributed by atoms with Crippen LogP contribution in [0, 0.1) is 6.92 Å². The molecule has 0 saturated carbocycles. The third-order valence-electron chi connectivity index (χ3n) is 3.08. The molecule has 0 unspecified atom stereocenters. The van der Waals surface area contributed by atoms with Crippen molar-refractivity contribution in [2.24, 2.45) is 0 Å². The van der Waals surface area contributed by atoms with E-state index in [9.17, 15) is 0 Å². The van der Waals surface area contributed by atoms with Crippen molar-refractivity contribution in [1.82, 2.24) is 10.1 Å². The van der Waals surface area contributed by atoms with Gasteiger partial charge in [-0.3, -0.25) is 4.98 Å². The van der Waals surface area contributed by atoms with Gasteiger partial charge in [0.2, 0.25) is 5.88 Å². The van der Waals surface area contributed by atoms with Crippen LogP contribution in [0.2, 0.25) is 0 Å². The molecular weight excluding hydrogens is 318 g/mol. The summed E-state index contributed by atoms with van der Waals surface area (Å²) in [5.74, 6) is 0.274. The van der Waals surface area contributed by atoms with E-state index in [-0.39, 0.29) is 5.88 Å². The zero-order chi connectivity index (χ0) is 14.1. The van der Waals surface area contributed by atoms with E-state index in [1.54, 1.807) is 6.20 Å². The quantitative estimate of drug-likeness (QED) is 0.770. The highest BCUT2D eigenvalue weighted by Crippen LogP contribution is 2.36. The monoisotopic (exact) mass is 329 g/mol. The number of aryl methyl sites for hydroxylation is 1. The number of hydrogen-bond acceptors (Lipinski definition) is 4. The van der Waals surface area contributed by atoms with Gasteiger partial charge in [-0.2, -0.15) is 0 Å². The molecule has 3 rings (SSSR count). The molecule has 0 aliphatic heterocycles. The summed E-state index contributed by atoms with van der Waals surface area (Å²) in [6.45, 7) is 2.03. The Morgan fingerprint density at radius 2 is 2.05 bits per heavy atom. The molecule has 2 N–H and O–H groups in total. The molecule has 2 heterocycles. The Hall–Kier alpha value is -2.14. The highest BCUT2D eigenvalue weighted by molar-refractivity contribution is 9.10. The summed E-state index contributed by atoms with van der Waals surface area (Å²) in [6, 6.07) is 11.7. The molecule has 0 amide bonds. The van der Waals surface area contributed by atoms with E-state index in [0.717, 1.165) is 26.9 Å². The van der Waals surface area contributed by atoms with Crippen molar-refractivity contribution in [2.45, 2.75) is 6.92 Å². The van der Waals surface area contributed by atoms with Gasteiger partial charge in [-0.25, -0.2) is 0 Å². The highest BCUT2D eigenvalue weighted by Gasteiger charge is 2.18. The van der Waals surface area contributed by atoms with Crippen molar-refractivity contribution < 1.29 is 4.52 Å². The minimum absolute atomic E-state index is 0.274. The first-order valence-electron chi connectivity index (χ1n) is 6.10. The SMILES string of the molecule is Cc1ccc(-c2noc(N)c2-c2ccccn2)cc1Br. The molecule has 1 aromatic carbocycles. The number of rotatable bonds is 2. The predicted molar refractivity (Wildman–Crippen MR) is 82.0 cm³/mol. The van der Waals surface area contributed by atoms with Crippen LogP contribution in [0.25, 0.3) is 22.5 Å². The first-order chi connectivity index (χ1) is 9.66. The fourth-order valence-electron chi connectivity index (χ4n) is 2.00. The van der Waals surface area contributed by atoms with E-state index in [4.69, 9.17) is 10.3 Å². The van der Waals surface area contributed by atoms with E-state index in [2.05, 4.69) is 26.1 Å². The van der Waals surface area contributed by atoms with Crippen molar-refractivity contribution in [3.05, 3.63) is 52.6 Å². The number of nitrogens with zero attached hydrogens (tertiary/aromatic N) is 2. The molecule has 5 heteroatoms. The topological polar surface area (TPSA) is 64.9 Å². The fraction of sp³-hybridized carbons (Fsp3) is 0.0667. The summed E-state index contributed by atoms with van der Waals surface area (Å²) in [5, 5.41) is 4.07. The van der Waals surface area contributed by atoms with Gasteiger partial charge in [0, 0.05) is 16.2 Å². The number of halogens is 1. The Morgan fingerprint density at radius 3 is 2.75 bits per heavy atom. The Kier molecular flexibility index (Phi) is 3.28. The van der Waals surface area contributed by atoms with Crippen LogP contribution in [-0.2, 0) is 0 Å². The Labute approximate surface area is 124 Å². The minimum atomic E-state index is 0.274. The number of aromatic nitrogens is 2. The van der Waals surface area contributed by atoms with Gasteiger partial charge >= 0.3 is 0 Å². The summed E-state index contributed by atoms with van der Waals surface area (Å²) in [7, 11) is 0. The van der Waals surface area contributed by atoms with Crippen LogP contribution in [0.15, 0.2) is 51.6 Å². The average Bonchev–Trinajstić information content (AvgIpc) is 2.85. The van der Waals surface area contributed by atoms with Crippen molar-refractivity contribution in [3.8, 4) is 22.5 Å². The Balaban J connectivity index is 2.18. The lowest BCUT2D eigenvalue weighted by atomic mass is 10.0. The van der Waals surface area contributed by atoms with Gasteiger partial charge in [0.1, 0.15) is 5.69 Å². The maximum atomic E-state index is 5.90. The Bertz CT molecular complexity index is 753. The van der Waals surface area contributed by atoms with Crippen LogP contribution in [0.5, 0.6) is 0 Å². The van der Waals surface area contributed by atoms with Gasteiger partial charge in [0.05, 0.1) is 11.3 Å². The first kappa shape index (κ1) is 12.9. The zero-order valence-corrected chi connectivity index (χ0v) is 12.4. The molecule has 4 nitrogen and oxygen atoms in total. The summed E-state index contributed by atoms with van der Waals surface area (Å²) in [4.78, 5) is 4.32. The number of nitrogen functional groups attached to an aromatic ring is 1. The second-order valence-electron chi connectivity index (χ2n) is 4.45. The first-order valence-corrected chi connectivity index (χ1v) is 6.89. The Morgan fingerprint density at radius 1 is 1.20 bits per heavy atom. The van der Waals surface area contributed by atoms with Gasteiger partial charge in [-0.1, -0.05) is 39.3 Å². The molecular formula is C15H12BrN3O. The number of nitrogens with two attached hydrogens (primary N) is 1. The average molecular weight is 330 g/mol. The molecule has 0 aliphatic carbocycles. The smallest absolute Gasteiger partial charge is 0.232 e. The molecule has 0 fully saturated rings. The second-order valence-corrected chi connectivity index (χ2v) is 5.30. The summed E-state index contributed by atoms with van der Waals surface area (Å²) >= 11 is 3.53. The van der Waals surface area contributed by atoms with Gasteiger partial charge in [0.15, 0.2) is 0 Å². The van der Waals surface area contributed by atoms with E-state index in [1.165, 1.54) is 0 Å². The summed E-state index contributed by atoms with van der Waals surface area (Å²) < 4.78 is 6.16. The fourth-order valence-corrected chi connectivity index (χ4v) is 2.38. The van der Waals surface area contributed by atoms with E-state index in [1.807, 2.05) is 43.3 Å². The van der Waals surface area contributed by atoms with Gasteiger partial charge in [-0.15, -0.1) is 0 Å². The van der Waals surface area contributed by atoms with Gasteiger partial charge < -0.3 is 10.3 Å². The molecule has 3 aromatic rings. The van der Waals surface area contributed by atoms with Gasteiger partial charge in [-0.05, 0) is 30.7 Å². The molecule has 0 aliphatic rings. The van der Waals surface area contributed by atoms with Crippen LogP contribution in [0.1, 0.15) is 5.56 Å². The minimum Gasteiger partial charge on any atom is -0.367 e. The van der Waals surface area contributed by atoms with Crippen LogP contribution < -0.4 is 5.73 Å². The number of pyridine rings is 1. The lowest BCUT2D eigenvalue weighted by Crippen LogP contribution is -1.90. The van der Waals surface area contributed by atoms with Crippen molar-refractivity contribution in [2.75, 3.05) is 5.73 Å². The zero-order valence-electron chi connectivity index (χ0n) is 10.8.